The highest BCUT2D eigenvalue weighted by Crippen LogP contribution is 2.29. The van der Waals surface area contributed by atoms with Gasteiger partial charge in [0.15, 0.2) is 0 Å². The van der Waals surface area contributed by atoms with E-state index >= 15 is 0 Å². The minimum absolute atomic E-state index is 0.219. The summed E-state index contributed by atoms with van der Waals surface area (Å²) >= 11 is 3.75. The normalized spacial score (nSPS) is 22.1. The zero-order valence-corrected chi connectivity index (χ0v) is 21.7. The van der Waals surface area contributed by atoms with Crippen LogP contribution in [0.1, 0.15) is 70.8 Å². The van der Waals surface area contributed by atoms with E-state index in [0.29, 0.717) is 0 Å². The average molecular weight is 505 g/mol. The van der Waals surface area contributed by atoms with Crippen molar-refractivity contribution in [3.8, 4) is 5.75 Å². The Morgan fingerprint density at radius 1 is 1.09 bits per heavy atom. The summed E-state index contributed by atoms with van der Waals surface area (Å²) in [6.07, 6.45) is 14.6. The van der Waals surface area contributed by atoms with Crippen molar-refractivity contribution < 1.29 is 4.74 Å². The Bertz CT molecular complexity index is 751. The van der Waals surface area contributed by atoms with Crippen LogP contribution in [0.4, 0.5) is 0 Å². The Morgan fingerprint density at radius 3 is 2.56 bits per heavy atom. The van der Waals surface area contributed by atoms with Gasteiger partial charge in [0.2, 0.25) is 0 Å². The van der Waals surface area contributed by atoms with E-state index < -0.39 is 0 Å². The minimum atomic E-state index is 0.219. The fraction of sp³-hybridized carbons (Fsp3) is 0.704. The third-order valence-electron chi connectivity index (χ3n) is 7.47. The standard InChI is InChI=1S/C27H42BrN3O/c1-21(2)32-26-8-9-27(28)23(19-26)18-22-10-14-30(15-11-22)16-12-24-13-17-31(20-29-24)25-6-4-3-5-7-25/h8-9,13,19,21-22,25,29H,3-7,10-12,14-18,20H2,1-2H3. The molecular formula is C27H42BrN3O. The largest absolute Gasteiger partial charge is 0.491 e. The van der Waals surface area contributed by atoms with Crippen LogP contribution in [0.15, 0.2) is 34.4 Å². The van der Waals surface area contributed by atoms with Crippen LogP contribution in [0, 0.1) is 5.92 Å². The maximum Gasteiger partial charge on any atom is 0.120 e. The monoisotopic (exact) mass is 503 g/mol. The molecule has 4 nitrogen and oxygen atoms in total. The third kappa shape index (κ3) is 6.98. The van der Waals surface area contributed by atoms with Crippen molar-refractivity contribution in [3.05, 3.63) is 40.0 Å². The summed E-state index contributed by atoms with van der Waals surface area (Å²) < 4.78 is 7.12. The van der Waals surface area contributed by atoms with Crippen LogP contribution in [0.5, 0.6) is 5.75 Å². The van der Waals surface area contributed by atoms with E-state index in [1.807, 2.05) is 0 Å². The Morgan fingerprint density at radius 2 is 1.88 bits per heavy atom. The molecule has 1 saturated carbocycles. The SMILES string of the molecule is CC(C)Oc1ccc(Br)c(CC2CCN(CCC3=CCN(C4CCCCC4)CN3)CC2)c1. The molecule has 0 unspecified atom stereocenters. The predicted molar refractivity (Wildman–Crippen MR) is 137 cm³/mol. The second kappa shape index (κ2) is 11.9. The molecule has 1 aromatic rings. The molecule has 0 spiro atoms. The maximum atomic E-state index is 5.90. The first-order valence-electron chi connectivity index (χ1n) is 12.9. The summed E-state index contributed by atoms with van der Waals surface area (Å²) in [5, 5.41) is 3.72. The van der Waals surface area contributed by atoms with E-state index in [2.05, 4.69) is 69.2 Å². The second-order valence-electron chi connectivity index (χ2n) is 10.3. The van der Waals surface area contributed by atoms with Crippen molar-refractivity contribution in [2.45, 2.75) is 83.8 Å². The van der Waals surface area contributed by atoms with E-state index in [9.17, 15) is 0 Å². The van der Waals surface area contributed by atoms with E-state index in [1.54, 1.807) is 0 Å². The lowest BCUT2D eigenvalue weighted by molar-refractivity contribution is 0.152. The lowest BCUT2D eigenvalue weighted by Crippen LogP contribution is -2.46. The zero-order valence-electron chi connectivity index (χ0n) is 20.1. The molecule has 1 saturated heterocycles. The lowest BCUT2D eigenvalue weighted by Gasteiger charge is -2.37. The first-order chi connectivity index (χ1) is 15.6. The molecule has 2 fully saturated rings. The van der Waals surface area contributed by atoms with Gasteiger partial charge in [-0.2, -0.15) is 0 Å². The molecule has 2 aliphatic heterocycles. The first-order valence-corrected chi connectivity index (χ1v) is 13.7. The topological polar surface area (TPSA) is 27.7 Å². The van der Waals surface area contributed by atoms with Crippen LogP contribution in [0.25, 0.3) is 0 Å². The summed E-state index contributed by atoms with van der Waals surface area (Å²) in [5.41, 5.74) is 2.85. The summed E-state index contributed by atoms with van der Waals surface area (Å²) in [7, 11) is 0. The van der Waals surface area contributed by atoms with Crippen molar-refractivity contribution in [1.82, 2.24) is 15.1 Å². The summed E-state index contributed by atoms with van der Waals surface area (Å²) in [6, 6.07) is 7.25. The number of halogens is 1. The van der Waals surface area contributed by atoms with Crippen LogP contribution < -0.4 is 10.1 Å². The summed E-state index contributed by atoms with van der Waals surface area (Å²) in [4.78, 5) is 5.31. The van der Waals surface area contributed by atoms with Gasteiger partial charge in [0.05, 0.1) is 12.8 Å². The number of hydrogen-bond acceptors (Lipinski definition) is 4. The van der Waals surface area contributed by atoms with Gasteiger partial charge in [-0.05, 0) is 95.1 Å². The molecule has 5 heteroatoms. The van der Waals surface area contributed by atoms with Crippen LogP contribution in [0.2, 0.25) is 0 Å². The van der Waals surface area contributed by atoms with Gasteiger partial charge in [0, 0.05) is 29.3 Å². The van der Waals surface area contributed by atoms with Crippen LogP contribution >= 0.6 is 15.9 Å². The Hall–Kier alpha value is -1.04. The highest BCUT2D eigenvalue weighted by molar-refractivity contribution is 9.10. The van der Waals surface area contributed by atoms with E-state index in [-0.39, 0.29) is 6.10 Å². The number of rotatable bonds is 8. The molecule has 1 aromatic carbocycles. The van der Waals surface area contributed by atoms with E-state index in [0.717, 1.165) is 37.3 Å². The fourth-order valence-corrected chi connectivity index (χ4v) is 5.95. The van der Waals surface area contributed by atoms with Gasteiger partial charge in [-0.3, -0.25) is 4.90 Å². The molecule has 1 N–H and O–H groups in total. The predicted octanol–water partition coefficient (Wildman–Crippen LogP) is 5.96. The third-order valence-corrected chi connectivity index (χ3v) is 8.25. The Balaban J connectivity index is 1.18. The van der Waals surface area contributed by atoms with Gasteiger partial charge in [-0.25, -0.2) is 0 Å². The number of benzene rings is 1. The number of hydrogen-bond donors (Lipinski definition) is 1. The average Bonchev–Trinajstić information content (AvgIpc) is 2.81. The number of likely N-dealkylation sites (tertiary alicyclic amines) is 1. The van der Waals surface area contributed by atoms with Crippen LogP contribution in [0.3, 0.4) is 0 Å². The van der Waals surface area contributed by atoms with Crippen LogP contribution in [-0.2, 0) is 6.42 Å². The highest BCUT2D eigenvalue weighted by Gasteiger charge is 2.24. The molecule has 3 aliphatic rings. The summed E-state index contributed by atoms with van der Waals surface area (Å²) in [6.45, 7) is 10.0. The zero-order chi connectivity index (χ0) is 22.3. The molecule has 178 valence electrons. The highest BCUT2D eigenvalue weighted by atomic mass is 79.9. The molecule has 0 atom stereocenters. The molecule has 32 heavy (non-hydrogen) atoms. The molecule has 0 amide bonds. The van der Waals surface area contributed by atoms with E-state index in [4.69, 9.17) is 4.74 Å². The van der Waals surface area contributed by atoms with Crippen molar-refractivity contribution in [3.63, 3.8) is 0 Å². The molecule has 0 radical (unpaired) electrons. The van der Waals surface area contributed by atoms with Crippen molar-refractivity contribution in [1.29, 1.82) is 0 Å². The van der Waals surface area contributed by atoms with Gasteiger partial charge in [-0.15, -0.1) is 0 Å². The summed E-state index contributed by atoms with van der Waals surface area (Å²) in [5.74, 6) is 1.76. The minimum Gasteiger partial charge on any atom is -0.491 e. The number of nitrogens with one attached hydrogen (secondary N) is 1. The van der Waals surface area contributed by atoms with Gasteiger partial charge < -0.3 is 15.0 Å². The van der Waals surface area contributed by atoms with Crippen molar-refractivity contribution in [2.75, 3.05) is 32.8 Å². The molecule has 1 aliphatic carbocycles. The molecule has 0 aromatic heterocycles. The van der Waals surface area contributed by atoms with Crippen LogP contribution in [-0.4, -0.2) is 54.8 Å². The Labute approximate surface area is 203 Å². The number of nitrogens with zero attached hydrogens (tertiary/aromatic N) is 2. The Kier molecular flexibility index (Phi) is 8.96. The fourth-order valence-electron chi connectivity index (χ4n) is 5.54. The maximum absolute atomic E-state index is 5.90. The van der Waals surface area contributed by atoms with Crippen molar-refractivity contribution in [2.24, 2.45) is 5.92 Å². The van der Waals surface area contributed by atoms with Crippen molar-refractivity contribution >= 4 is 15.9 Å². The smallest absolute Gasteiger partial charge is 0.120 e. The molecular weight excluding hydrogens is 462 g/mol. The van der Waals surface area contributed by atoms with Gasteiger partial charge >= 0.3 is 0 Å². The van der Waals surface area contributed by atoms with Gasteiger partial charge in [-0.1, -0.05) is 41.3 Å². The lowest BCUT2D eigenvalue weighted by atomic mass is 9.90. The second-order valence-corrected chi connectivity index (χ2v) is 11.1. The quantitative estimate of drug-likeness (QED) is 0.473. The molecule has 4 rings (SSSR count). The van der Waals surface area contributed by atoms with Gasteiger partial charge in [0.25, 0.3) is 0 Å². The molecule has 0 bridgehead atoms. The molecule has 2 heterocycles. The number of ether oxygens (including phenoxy) is 1. The number of piperidine rings is 1. The van der Waals surface area contributed by atoms with E-state index in [1.165, 1.54) is 86.7 Å². The first kappa shape index (κ1) is 24.1. The van der Waals surface area contributed by atoms with Gasteiger partial charge in [0.1, 0.15) is 5.75 Å².